The van der Waals surface area contributed by atoms with Gasteiger partial charge in [-0.3, -0.25) is 0 Å². The maximum absolute atomic E-state index is 9.26. The minimum atomic E-state index is 0.223. The third kappa shape index (κ3) is 7.69. The molecule has 35 heavy (non-hydrogen) atoms. The first-order chi connectivity index (χ1) is 17.1. The van der Waals surface area contributed by atoms with Crippen LogP contribution in [-0.4, -0.2) is 25.0 Å². The van der Waals surface area contributed by atoms with Gasteiger partial charge in [0, 0.05) is 29.5 Å². The number of phenols is 1. The Morgan fingerprint density at radius 1 is 0.543 bits per heavy atom. The van der Waals surface area contributed by atoms with Crippen molar-refractivity contribution in [2.75, 3.05) is 16.0 Å². The van der Waals surface area contributed by atoms with Crippen molar-refractivity contribution >= 4 is 46.2 Å². The second-order valence-electron chi connectivity index (χ2n) is 7.13. The standard InChI is InChI=1S/C16H14N4O.C10H8ClN3/c21-14-8-6-13(7-9-14)19-16-17-11-10-15(20-16)18-12-4-2-1-3-5-12;11-10-12-7-6-9(14-10)13-8-4-2-1-3-5-8/h1-11,21H,(H2,17,18,19,20);1-7H,(H,12,13,14). The number of benzene rings is 3. The molecule has 0 fully saturated rings. The summed E-state index contributed by atoms with van der Waals surface area (Å²) in [6, 6.07) is 29.9. The van der Waals surface area contributed by atoms with Crippen LogP contribution < -0.4 is 16.0 Å². The molecule has 0 bridgehead atoms. The fraction of sp³-hybridized carbons (Fsp3) is 0. The topological polar surface area (TPSA) is 108 Å². The van der Waals surface area contributed by atoms with E-state index in [0.717, 1.165) is 17.1 Å². The highest BCUT2D eigenvalue weighted by atomic mass is 35.5. The molecule has 5 aromatic rings. The van der Waals surface area contributed by atoms with E-state index in [1.807, 2.05) is 60.7 Å². The predicted molar refractivity (Wildman–Crippen MR) is 140 cm³/mol. The fourth-order valence-corrected chi connectivity index (χ4v) is 3.05. The third-order valence-corrected chi connectivity index (χ3v) is 4.68. The van der Waals surface area contributed by atoms with Crippen molar-refractivity contribution in [1.82, 2.24) is 19.9 Å². The zero-order valence-corrected chi connectivity index (χ0v) is 19.3. The van der Waals surface area contributed by atoms with Crippen LogP contribution in [0.1, 0.15) is 0 Å². The molecule has 5 rings (SSSR count). The Morgan fingerprint density at radius 3 is 1.63 bits per heavy atom. The van der Waals surface area contributed by atoms with E-state index in [2.05, 4.69) is 35.9 Å². The van der Waals surface area contributed by atoms with E-state index in [9.17, 15) is 5.11 Å². The molecule has 2 heterocycles. The zero-order valence-electron chi connectivity index (χ0n) is 18.5. The van der Waals surface area contributed by atoms with Crippen molar-refractivity contribution in [3.05, 3.63) is 115 Å². The maximum Gasteiger partial charge on any atom is 0.229 e. The maximum atomic E-state index is 9.26. The van der Waals surface area contributed by atoms with Crippen LogP contribution in [0.15, 0.2) is 109 Å². The molecule has 0 aliphatic rings. The SMILES string of the molecule is Clc1nccc(Nc2ccccc2)n1.Oc1ccc(Nc2nccc(Nc3ccccc3)n2)cc1. The second kappa shape index (κ2) is 12.0. The average molecular weight is 484 g/mol. The normalized spacial score (nSPS) is 9.97. The number of phenolic OH excluding ortho intramolecular Hbond substituents is 1. The lowest BCUT2D eigenvalue weighted by Gasteiger charge is -2.08. The predicted octanol–water partition coefficient (Wildman–Crippen LogP) is 6.54. The molecule has 174 valence electrons. The van der Waals surface area contributed by atoms with Gasteiger partial charge in [0.15, 0.2) is 0 Å². The molecule has 9 heteroatoms. The van der Waals surface area contributed by atoms with Crippen LogP contribution in [0.5, 0.6) is 5.75 Å². The van der Waals surface area contributed by atoms with Gasteiger partial charge in [0.25, 0.3) is 0 Å². The summed E-state index contributed by atoms with van der Waals surface area (Å²) in [7, 11) is 0. The number of hydrogen-bond donors (Lipinski definition) is 4. The number of halogens is 1. The molecule has 4 N–H and O–H groups in total. The van der Waals surface area contributed by atoms with Crippen LogP contribution in [0.4, 0.5) is 34.6 Å². The first-order valence-electron chi connectivity index (χ1n) is 10.7. The van der Waals surface area contributed by atoms with Gasteiger partial charge in [-0.25, -0.2) is 15.0 Å². The Labute approximate surface area is 207 Å². The monoisotopic (exact) mass is 483 g/mol. The minimum Gasteiger partial charge on any atom is -0.508 e. The summed E-state index contributed by atoms with van der Waals surface area (Å²) in [6.45, 7) is 0. The van der Waals surface area contributed by atoms with Gasteiger partial charge in [-0.2, -0.15) is 4.98 Å². The number of nitrogens with zero attached hydrogens (tertiary/aromatic N) is 4. The number of hydrogen-bond acceptors (Lipinski definition) is 8. The van der Waals surface area contributed by atoms with Crippen LogP contribution >= 0.6 is 11.6 Å². The lowest BCUT2D eigenvalue weighted by Crippen LogP contribution is -2.00. The largest absolute Gasteiger partial charge is 0.508 e. The van der Waals surface area contributed by atoms with Gasteiger partial charge in [-0.05, 0) is 72.3 Å². The van der Waals surface area contributed by atoms with Gasteiger partial charge in [0.1, 0.15) is 17.4 Å². The van der Waals surface area contributed by atoms with Gasteiger partial charge < -0.3 is 21.1 Å². The molecule has 0 aliphatic carbocycles. The molecule has 3 aromatic carbocycles. The number of aromatic nitrogens is 4. The second-order valence-corrected chi connectivity index (χ2v) is 7.47. The molecule has 0 unspecified atom stereocenters. The van der Waals surface area contributed by atoms with E-state index < -0.39 is 0 Å². The van der Waals surface area contributed by atoms with Gasteiger partial charge in [-0.15, -0.1) is 0 Å². The summed E-state index contributed by atoms with van der Waals surface area (Å²) < 4.78 is 0. The number of aromatic hydroxyl groups is 1. The smallest absolute Gasteiger partial charge is 0.229 e. The number of anilines is 6. The molecular weight excluding hydrogens is 462 g/mol. The lowest BCUT2D eigenvalue weighted by atomic mass is 10.3. The summed E-state index contributed by atoms with van der Waals surface area (Å²) >= 11 is 5.65. The summed E-state index contributed by atoms with van der Waals surface area (Å²) in [6.07, 6.45) is 3.29. The number of nitrogens with one attached hydrogen (secondary N) is 3. The summed E-state index contributed by atoms with van der Waals surface area (Å²) in [5.41, 5.74) is 2.75. The van der Waals surface area contributed by atoms with Crippen LogP contribution in [-0.2, 0) is 0 Å². The molecule has 0 radical (unpaired) electrons. The van der Waals surface area contributed by atoms with E-state index in [4.69, 9.17) is 11.6 Å². The van der Waals surface area contributed by atoms with Crippen LogP contribution in [0.3, 0.4) is 0 Å². The van der Waals surface area contributed by atoms with E-state index in [1.54, 1.807) is 48.8 Å². The third-order valence-electron chi connectivity index (χ3n) is 4.50. The number of para-hydroxylation sites is 2. The highest BCUT2D eigenvalue weighted by Gasteiger charge is 2.01. The van der Waals surface area contributed by atoms with Gasteiger partial charge >= 0.3 is 0 Å². The Balaban J connectivity index is 0.000000179. The zero-order chi connectivity index (χ0) is 24.3. The van der Waals surface area contributed by atoms with E-state index in [1.165, 1.54) is 0 Å². The summed E-state index contributed by atoms with van der Waals surface area (Å²) in [5.74, 6) is 2.11. The van der Waals surface area contributed by atoms with E-state index in [0.29, 0.717) is 17.6 Å². The Kier molecular flexibility index (Phi) is 8.02. The van der Waals surface area contributed by atoms with Crippen molar-refractivity contribution in [2.45, 2.75) is 0 Å². The average Bonchev–Trinajstić information content (AvgIpc) is 2.87. The molecule has 8 nitrogen and oxygen atoms in total. The molecule has 0 spiro atoms. The van der Waals surface area contributed by atoms with Gasteiger partial charge in [-0.1, -0.05) is 36.4 Å². The van der Waals surface area contributed by atoms with Gasteiger partial charge in [0.05, 0.1) is 0 Å². The highest BCUT2D eigenvalue weighted by molar-refractivity contribution is 6.28. The minimum absolute atomic E-state index is 0.223. The summed E-state index contributed by atoms with van der Waals surface area (Å²) in [4.78, 5) is 16.4. The van der Waals surface area contributed by atoms with Crippen LogP contribution in [0.25, 0.3) is 0 Å². The molecule has 0 saturated carbocycles. The Morgan fingerprint density at radius 2 is 1.06 bits per heavy atom. The fourth-order valence-electron chi connectivity index (χ4n) is 2.91. The van der Waals surface area contributed by atoms with Crippen molar-refractivity contribution in [3.63, 3.8) is 0 Å². The van der Waals surface area contributed by atoms with Crippen LogP contribution in [0.2, 0.25) is 5.28 Å². The van der Waals surface area contributed by atoms with Crippen molar-refractivity contribution in [2.24, 2.45) is 0 Å². The first-order valence-corrected chi connectivity index (χ1v) is 11.0. The van der Waals surface area contributed by atoms with E-state index in [-0.39, 0.29) is 11.0 Å². The Hall–Kier alpha value is -4.69. The summed E-state index contributed by atoms with van der Waals surface area (Å²) in [5, 5.41) is 18.9. The number of rotatable bonds is 6. The van der Waals surface area contributed by atoms with Crippen molar-refractivity contribution in [1.29, 1.82) is 0 Å². The molecule has 0 aliphatic heterocycles. The van der Waals surface area contributed by atoms with Crippen molar-refractivity contribution in [3.8, 4) is 5.75 Å². The van der Waals surface area contributed by atoms with Crippen LogP contribution in [0, 0.1) is 0 Å². The first kappa shape index (κ1) is 23.5. The molecule has 0 atom stereocenters. The Bertz CT molecular complexity index is 1340. The quantitative estimate of drug-likeness (QED) is 0.159. The highest BCUT2D eigenvalue weighted by Crippen LogP contribution is 2.19. The molecule has 0 saturated heterocycles. The van der Waals surface area contributed by atoms with Gasteiger partial charge in [0.2, 0.25) is 11.2 Å². The lowest BCUT2D eigenvalue weighted by molar-refractivity contribution is 0.475. The van der Waals surface area contributed by atoms with Crippen molar-refractivity contribution < 1.29 is 5.11 Å². The molecule has 0 amide bonds. The van der Waals surface area contributed by atoms with E-state index >= 15 is 0 Å². The molecular formula is C26H22ClN7O. The molecule has 2 aromatic heterocycles.